The molecule has 1 atom stereocenters. The summed E-state index contributed by atoms with van der Waals surface area (Å²) in [6, 6.07) is 13.4. The van der Waals surface area contributed by atoms with Gasteiger partial charge in [-0.05, 0) is 44.0 Å². The van der Waals surface area contributed by atoms with Crippen molar-refractivity contribution in [2.75, 3.05) is 13.1 Å². The van der Waals surface area contributed by atoms with Gasteiger partial charge in [-0.2, -0.15) is 0 Å². The van der Waals surface area contributed by atoms with Crippen LogP contribution in [0.15, 0.2) is 53.4 Å². The Balaban J connectivity index is 1.45. The van der Waals surface area contributed by atoms with Crippen LogP contribution in [0.1, 0.15) is 41.2 Å². The number of carbonyl (C=O) groups excluding carboxylic acids is 2. The van der Waals surface area contributed by atoms with Crippen molar-refractivity contribution >= 4 is 43.3 Å². The summed E-state index contributed by atoms with van der Waals surface area (Å²) in [5.41, 5.74) is 1.34. The minimum Gasteiger partial charge on any atom is -0.332 e. The maximum absolute atomic E-state index is 12.8. The lowest BCUT2D eigenvalue weighted by Crippen LogP contribution is -2.39. The topological polar surface area (TPSA) is 96.4 Å². The molecule has 1 aliphatic heterocycles. The fraction of sp³-hybridized carbons (Fsp3) is 0.286. The van der Waals surface area contributed by atoms with Gasteiger partial charge in [0.25, 0.3) is 0 Å². The predicted molar refractivity (Wildman–Crippen MR) is 115 cm³/mol. The second kappa shape index (κ2) is 8.25. The Kier molecular flexibility index (Phi) is 5.68. The van der Waals surface area contributed by atoms with Crippen LogP contribution in [0.25, 0.3) is 10.2 Å². The van der Waals surface area contributed by atoms with Crippen molar-refractivity contribution in [2.24, 2.45) is 0 Å². The maximum atomic E-state index is 12.8. The van der Waals surface area contributed by atoms with Gasteiger partial charge in [0.1, 0.15) is 5.01 Å². The number of fused-ring (bicyclic) bond motifs is 1. The van der Waals surface area contributed by atoms with Crippen molar-refractivity contribution in [1.82, 2.24) is 14.6 Å². The van der Waals surface area contributed by atoms with Crippen molar-refractivity contribution < 1.29 is 18.0 Å². The minimum atomic E-state index is -3.85. The molecule has 1 fully saturated rings. The Hall–Kier alpha value is -2.62. The highest BCUT2D eigenvalue weighted by molar-refractivity contribution is 7.89. The number of hydrogen-bond acceptors (Lipinski definition) is 6. The number of sulfonamides is 1. The number of carbonyl (C=O) groups is 2. The molecule has 2 aromatic carbocycles. The largest absolute Gasteiger partial charge is 0.332 e. The first-order chi connectivity index (χ1) is 14.3. The standard InChI is InChI=1S/C21H21N3O4S2/c1-14(25)15-8-10-16(11-9-15)30(27,28)22-13-20(26)24-12-4-6-18(24)21-23-17-5-2-3-7-19(17)29-21/h2-3,5,7-11,18,22H,4,6,12-13H2,1H3/t18-/m0/s1. The van der Waals surface area contributed by atoms with Gasteiger partial charge >= 0.3 is 0 Å². The van der Waals surface area contributed by atoms with Gasteiger partial charge < -0.3 is 4.90 Å². The molecular weight excluding hydrogens is 422 g/mol. The van der Waals surface area contributed by atoms with Crippen molar-refractivity contribution in [3.05, 3.63) is 59.1 Å². The van der Waals surface area contributed by atoms with E-state index in [4.69, 9.17) is 0 Å². The second-order valence-corrected chi connectivity index (χ2v) is 10.00. The molecule has 1 saturated heterocycles. The number of para-hydroxylation sites is 1. The number of Topliss-reactive ketones (excluding diaryl/α,β-unsaturated/α-hetero) is 1. The van der Waals surface area contributed by atoms with Gasteiger partial charge in [-0.25, -0.2) is 18.1 Å². The highest BCUT2D eigenvalue weighted by Crippen LogP contribution is 2.36. The van der Waals surface area contributed by atoms with Crippen LogP contribution < -0.4 is 4.72 Å². The Morgan fingerprint density at radius 2 is 1.90 bits per heavy atom. The van der Waals surface area contributed by atoms with E-state index in [9.17, 15) is 18.0 Å². The number of benzene rings is 2. The number of hydrogen-bond donors (Lipinski definition) is 1. The summed E-state index contributed by atoms with van der Waals surface area (Å²) >= 11 is 1.57. The summed E-state index contributed by atoms with van der Waals surface area (Å²) < 4.78 is 28.5. The molecule has 156 valence electrons. The van der Waals surface area contributed by atoms with Gasteiger partial charge in [0, 0.05) is 12.1 Å². The molecule has 1 aromatic heterocycles. The molecule has 0 bridgehead atoms. The molecule has 1 N–H and O–H groups in total. The summed E-state index contributed by atoms with van der Waals surface area (Å²) in [7, 11) is -3.85. The number of aromatic nitrogens is 1. The van der Waals surface area contributed by atoms with Gasteiger partial charge in [-0.1, -0.05) is 24.3 Å². The van der Waals surface area contributed by atoms with Crippen molar-refractivity contribution in [2.45, 2.75) is 30.7 Å². The van der Waals surface area contributed by atoms with E-state index in [2.05, 4.69) is 9.71 Å². The van der Waals surface area contributed by atoms with E-state index in [0.29, 0.717) is 12.1 Å². The monoisotopic (exact) mass is 443 g/mol. The van der Waals surface area contributed by atoms with Gasteiger partial charge in [-0.15, -0.1) is 11.3 Å². The molecule has 0 aliphatic carbocycles. The Labute approximate surface area is 178 Å². The highest BCUT2D eigenvalue weighted by atomic mass is 32.2. The van der Waals surface area contributed by atoms with E-state index < -0.39 is 10.0 Å². The van der Waals surface area contributed by atoms with E-state index in [1.807, 2.05) is 24.3 Å². The normalized spacial score (nSPS) is 16.8. The third-order valence-corrected chi connectivity index (χ3v) is 7.71. The van der Waals surface area contributed by atoms with Gasteiger partial charge in [0.2, 0.25) is 15.9 Å². The third-order valence-electron chi connectivity index (χ3n) is 5.15. The molecular formula is C21H21N3O4S2. The molecule has 1 aliphatic rings. The van der Waals surface area contributed by atoms with E-state index in [-0.39, 0.29) is 29.2 Å². The molecule has 30 heavy (non-hydrogen) atoms. The fourth-order valence-electron chi connectivity index (χ4n) is 3.56. The Morgan fingerprint density at radius 3 is 2.60 bits per heavy atom. The van der Waals surface area contributed by atoms with Crippen LogP contribution in [0.3, 0.4) is 0 Å². The van der Waals surface area contributed by atoms with Crippen LogP contribution in [-0.2, 0) is 14.8 Å². The summed E-state index contributed by atoms with van der Waals surface area (Å²) in [6.45, 7) is 1.67. The molecule has 1 amide bonds. The molecule has 4 rings (SSSR count). The first-order valence-corrected chi connectivity index (χ1v) is 11.9. The van der Waals surface area contributed by atoms with Gasteiger partial charge in [0.05, 0.1) is 27.7 Å². The molecule has 0 radical (unpaired) electrons. The van der Waals surface area contributed by atoms with Gasteiger partial charge in [0.15, 0.2) is 5.78 Å². The Morgan fingerprint density at radius 1 is 1.17 bits per heavy atom. The molecule has 9 heteroatoms. The number of amides is 1. The average Bonchev–Trinajstić information content (AvgIpc) is 3.38. The van der Waals surface area contributed by atoms with E-state index >= 15 is 0 Å². The minimum absolute atomic E-state index is 0.0180. The fourth-order valence-corrected chi connectivity index (χ4v) is 5.65. The number of nitrogens with zero attached hydrogens (tertiary/aromatic N) is 2. The second-order valence-electron chi connectivity index (χ2n) is 7.17. The zero-order valence-corrected chi connectivity index (χ0v) is 18.0. The summed E-state index contributed by atoms with van der Waals surface area (Å²) in [6.07, 6.45) is 1.66. The lowest BCUT2D eigenvalue weighted by atomic mass is 10.2. The SMILES string of the molecule is CC(=O)c1ccc(S(=O)(=O)NCC(=O)N2CCC[C@H]2c2nc3ccccc3s2)cc1. The Bertz CT molecular complexity index is 1170. The number of rotatable bonds is 6. The van der Waals surface area contributed by atoms with Crippen molar-refractivity contribution in [3.63, 3.8) is 0 Å². The van der Waals surface area contributed by atoms with Crippen LogP contribution in [0.5, 0.6) is 0 Å². The number of thiazole rings is 1. The highest BCUT2D eigenvalue weighted by Gasteiger charge is 2.32. The maximum Gasteiger partial charge on any atom is 0.241 e. The lowest BCUT2D eigenvalue weighted by molar-refractivity contribution is -0.130. The zero-order valence-electron chi connectivity index (χ0n) is 16.4. The number of likely N-dealkylation sites (tertiary alicyclic amines) is 1. The predicted octanol–water partition coefficient (Wildman–Crippen LogP) is 3.14. The van der Waals surface area contributed by atoms with Crippen LogP contribution in [-0.4, -0.2) is 43.1 Å². The number of ketones is 1. The van der Waals surface area contributed by atoms with Crippen LogP contribution >= 0.6 is 11.3 Å². The smallest absolute Gasteiger partial charge is 0.241 e. The van der Waals surface area contributed by atoms with E-state index in [1.165, 1.54) is 31.2 Å². The molecule has 0 spiro atoms. The van der Waals surface area contributed by atoms with Crippen LogP contribution in [0, 0.1) is 0 Å². The molecule has 0 unspecified atom stereocenters. The van der Waals surface area contributed by atoms with Gasteiger partial charge in [-0.3, -0.25) is 9.59 Å². The summed E-state index contributed by atoms with van der Waals surface area (Å²) in [5, 5.41) is 0.879. The summed E-state index contributed by atoms with van der Waals surface area (Å²) in [4.78, 5) is 30.5. The van der Waals surface area contributed by atoms with Crippen LogP contribution in [0.4, 0.5) is 0 Å². The van der Waals surface area contributed by atoms with Crippen molar-refractivity contribution in [1.29, 1.82) is 0 Å². The summed E-state index contributed by atoms with van der Waals surface area (Å²) in [5.74, 6) is -0.419. The molecule has 2 heterocycles. The first-order valence-electron chi connectivity index (χ1n) is 9.61. The third kappa shape index (κ3) is 4.14. The van der Waals surface area contributed by atoms with E-state index in [0.717, 1.165) is 28.1 Å². The molecule has 3 aromatic rings. The number of nitrogens with one attached hydrogen (secondary N) is 1. The van der Waals surface area contributed by atoms with E-state index in [1.54, 1.807) is 16.2 Å². The first kappa shape index (κ1) is 20.6. The lowest BCUT2D eigenvalue weighted by Gasteiger charge is -2.23. The van der Waals surface area contributed by atoms with Crippen LogP contribution in [0.2, 0.25) is 0 Å². The molecule has 0 saturated carbocycles. The van der Waals surface area contributed by atoms with Crippen molar-refractivity contribution in [3.8, 4) is 0 Å². The zero-order chi connectivity index (χ0) is 21.3. The quantitative estimate of drug-likeness (QED) is 0.591. The molecule has 7 nitrogen and oxygen atoms in total. The average molecular weight is 444 g/mol.